The van der Waals surface area contributed by atoms with Crippen LogP contribution in [0.1, 0.15) is 57.4 Å². The van der Waals surface area contributed by atoms with E-state index in [1.807, 2.05) is 0 Å². The first-order valence-electron chi connectivity index (χ1n) is 6.99. The van der Waals surface area contributed by atoms with Crippen LogP contribution >= 0.6 is 11.3 Å². The number of rotatable bonds is 8. The minimum atomic E-state index is -0.331. The van der Waals surface area contributed by atoms with Crippen LogP contribution in [-0.4, -0.2) is 30.1 Å². The number of unbranched alkanes of at least 4 members (excludes halogenated alkanes) is 2. The molecule has 0 spiro atoms. The van der Waals surface area contributed by atoms with Crippen molar-refractivity contribution < 1.29 is 9.53 Å². The maximum atomic E-state index is 11.6. The van der Waals surface area contributed by atoms with Gasteiger partial charge < -0.3 is 9.64 Å². The monoisotopic (exact) mass is 284 g/mol. The van der Waals surface area contributed by atoms with E-state index in [1.165, 1.54) is 24.2 Å². The van der Waals surface area contributed by atoms with Crippen molar-refractivity contribution >= 4 is 22.4 Å². The molecule has 0 aliphatic heterocycles. The molecule has 0 atom stereocenters. The van der Waals surface area contributed by atoms with Crippen LogP contribution in [0.25, 0.3) is 0 Å². The Hall–Kier alpha value is -1.10. The van der Waals surface area contributed by atoms with Gasteiger partial charge in [-0.1, -0.05) is 19.8 Å². The molecule has 5 heteroatoms. The summed E-state index contributed by atoms with van der Waals surface area (Å²) in [6.07, 6.45) is 3.58. The number of hydrogen-bond acceptors (Lipinski definition) is 5. The number of anilines is 1. The fourth-order valence-electron chi connectivity index (χ4n) is 1.80. The number of nitrogens with zero attached hydrogens (tertiary/aromatic N) is 2. The predicted molar refractivity (Wildman–Crippen MR) is 80.1 cm³/mol. The van der Waals surface area contributed by atoms with Gasteiger partial charge in [-0.05, 0) is 27.2 Å². The molecule has 1 aromatic rings. The van der Waals surface area contributed by atoms with Crippen molar-refractivity contribution in [2.75, 3.05) is 18.1 Å². The number of carbonyl (C=O) groups is 1. The van der Waals surface area contributed by atoms with Crippen LogP contribution < -0.4 is 4.90 Å². The van der Waals surface area contributed by atoms with Gasteiger partial charge in [-0.15, -0.1) is 11.3 Å². The molecule has 0 aliphatic carbocycles. The van der Waals surface area contributed by atoms with Gasteiger partial charge in [0.1, 0.15) is 0 Å². The Balaban J connectivity index is 2.71. The van der Waals surface area contributed by atoms with Gasteiger partial charge in [0.05, 0.1) is 6.61 Å². The number of ether oxygens (including phenoxy) is 1. The summed E-state index contributed by atoms with van der Waals surface area (Å²) in [6, 6.07) is 0.387. The Morgan fingerprint density at radius 2 is 2.16 bits per heavy atom. The largest absolute Gasteiger partial charge is 0.461 e. The maximum Gasteiger partial charge on any atom is 0.357 e. The van der Waals surface area contributed by atoms with E-state index in [1.54, 1.807) is 12.3 Å². The Morgan fingerprint density at radius 1 is 1.42 bits per heavy atom. The minimum Gasteiger partial charge on any atom is -0.461 e. The van der Waals surface area contributed by atoms with Crippen molar-refractivity contribution in [2.45, 2.75) is 53.0 Å². The van der Waals surface area contributed by atoms with Crippen molar-refractivity contribution in [2.24, 2.45) is 0 Å². The average Bonchev–Trinajstić information content (AvgIpc) is 2.84. The molecule has 1 aromatic heterocycles. The van der Waals surface area contributed by atoms with Gasteiger partial charge in [-0.3, -0.25) is 0 Å². The molecule has 0 bridgehead atoms. The van der Waals surface area contributed by atoms with Gasteiger partial charge >= 0.3 is 5.97 Å². The summed E-state index contributed by atoms with van der Waals surface area (Å²) in [5.74, 6) is -0.331. The van der Waals surface area contributed by atoms with Crippen LogP contribution in [0.3, 0.4) is 0 Å². The summed E-state index contributed by atoms with van der Waals surface area (Å²) in [4.78, 5) is 18.3. The van der Waals surface area contributed by atoms with Crippen LogP contribution in [0, 0.1) is 0 Å². The van der Waals surface area contributed by atoms with Crippen LogP contribution in [0.15, 0.2) is 5.38 Å². The second-order valence-corrected chi connectivity index (χ2v) is 5.57. The SMILES string of the molecule is CCCCCN(c1nc(C(=O)OCC)cs1)C(C)C. The maximum absolute atomic E-state index is 11.6. The molecule has 1 heterocycles. The molecule has 0 amide bonds. The predicted octanol–water partition coefficient (Wildman–Crippen LogP) is 3.72. The highest BCUT2D eigenvalue weighted by Gasteiger charge is 2.17. The van der Waals surface area contributed by atoms with Gasteiger partial charge in [0.25, 0.3) is 0 Å². The molecule has 0 aliphatic rings. The van der Waals surface area contributed by atoms with E-state index in [0.717, 1.165) is 18.1 Å². The fourth-order valence-corrected chi connectivity index (χ4v) is 2.76. The summed E-state index contributed by atoms with van der Waals surface area (Å²) < 4.78 is 4.97. The molecule has 108 valence electrons. The summed E-state index contributed by atoms with van der Waals surface area (Å²) in [7, 11) is 0. The van der Waals surface area contributed by atoms with Gasteiger partial charge in [0.2, 0.25) is 0 Å². The van der Waals surface area contributed by atoms with E-state index in [0.29, 0.717) is 18.3 Å². The lowest BCUT2D eigenvalue weighted by molar-refractivity contribution is 0.0520. The van der Waals surface area contributed by atoms with Crippen LogP contribution in [0.2, 0.25) is 0 Å². The van der Waals surface area contributed by atoms with Crippen molar-refractivity contribution in [1.82, 2.24) is 4.98 Å². The molecule has 0 radical (unpaired) electrons. The molecular weight excluding hydrogens is 260 g/mol. The van der Waals surface area contributed by atoms with Crippen LogP contribution in [-0.2, 0) is 4.74 Å². The van der Waals surface area contributed by atoms with E-state index in [9.17, 15) is 4.79 Å². The third kappa shape index (κ3) is 4.82. The highest BCUT2D eigenvalue weighted by molar-refractivity contribution is 7.13. The molecule has 0 saturated carbocycles. The lowest BCUT2D eigenvalue weighted by Crippen LogP contribution is -2.31. The molecule has 0 N–H and O–H groups in total. The lowest BCUT2D eigenvalue weighted by atomic mass is 10.2. The third-order valence-corrected chi connectivity index (χ3v) is 3.73. The Morgan fingerprint density at radius 3 is 2.74 bits per heavy atom. The van der Waals surface area contributed by atoms with Gasteiger partial charge in [-0.25, -0.2) is 9.78 Å². The summed E-state index contributed by atoms with van der Waals surface area (Å²) in [6.45, 7) is 9.67. The second kappa shape index (κ2) is 8.15. The molecule has 0 aromatic carbocycles. The fraction of sp³-hybridized carbons (Fsp3) is 0.714. The first-order chi connectivity index (χ1) is 9.10. The number of esters is 1. The summed E-state index contributed by atoms with van der Waals surface area (Å²) in [5.41, 5.74) is 0.419. The van der Waals surface area contributed by atoms with Gasteiger partial charge in [0.15, 0.2) is 10.8 Å². The van der Waals surface area contributed by atoms with Crippen molar-refractivity contribution in [1.29, 1.82) is 0 Å². The quantitative estimate of drug-likeness (QED) is 0.539. The first-order valence-corrected chi connectivity index (χ1v) is 7.87. The zero-order valence-corrected chi connectivity index (χ0v) is 13.1. The zero-order valence-electron chi connectivity index (χ0n) is 12.3. The van der Waals surface area contributed by atoms with E-state index in [2.05, 4.69) is 30.7 Å². The highest BCUT2D eigenvalue weighted by Crippen LogP contribution is 2.23. The molecule has 1 rings (SSSR count). The smallest absolute Gasteiger partial charge is 0.357 e. The molecule has 0 fully saturated rings. The number of thiazole rings is 1. The molecule has 0 saturated heterocycles. The van der Waals surface area contributed by atoms with Crippen molar-refractivity contribution in [3.63, 3.8) is 0 Å². The third-order valence-electron chi connectivity index (χ3n) is 2.85. The molecule has 4 nitrogen and oxygen atoms in total. The minimum absolute atomic E-state index is 0.331. The van der Waals surface area contributed by atoms with E-state index in [4.69, 9.17) is 4.74 Å². The normalized spacial score (nSPS) is 10.8. The average molecular weight is 284 g/mol. The molecular formula is C14H24N2O2S. The van der Waals surface area contributed by atoms with Gasteiger partial charge in [-0.2, -0.15) is 0 Å². The van der Waals surface area contributed by atoms with Crippen LogP contribution in [0.4, 0.5) is 5.13 Å². The number of hydrogen-bond donors (Lipinski definition) is 0. The van der Waals surface area contributed by atoms with E-state index < -0.39 is 0 Å². The van der Waals surface area contributed by atoms with Gasteiger partial charge in [0, 0.05) is 18.0 Å². The standard InChI is InChI=1S/C14H24N2O2S/c1-5-7-8-9-16(11(3)4)14-15-12(10-19-14)13(17)18-6-2/h10-11H,5-9H2,1-4H3. The van der Waals surface area contributed by atoms with E-state index >= 15 is 0 Å². The highest BCUT2D eigenvalue weighted by atomic mass is 32.1. The topological polar surface area (TPSA) is 42.4 Å². The van der Waals surface area contributed by atoms with E-state index in [-0.39, 0.29) is 5.97 Å². The number of carbonyl (C=O) groups excluding carboxylic acids is 1. The lowest BCUT2D eigenvalue weighted by Gasteiger charge is -2.26. The summed E-state index contributed by atoms with van der Waals surface area (Å²) in [5, 5.41) is 2.69. The Labute approximate surface area is 119 Å². The Bertz CT molecular complexity index is 391. The van der Waals surface area contributed by atoms with Crippen LogP contribution in [0.5, 0.6) is 0 Å². The first kappa shape index (κ1) is 16.0. The van der Waals surface area contributed by atoms with Crippen molar-refractivity contribution in [3.05, 3.63) is 11.1 Å². The Kier molecular flexibility index (Phi) is 6.84. The second-order valence-electron chi connectivity index (χ2n) is 4.73. The number of aromatic nitrogens is 1. The molecule has 19 heavy (non-hydrogen) atoms. The summed E-state index contributed by atoms with van der Waals surface area (Å²) >= 11 is 1.51. The zero-order chi connectivity index (χ0) is 14.3. The van der Waals surface area contributed by atoms with Crippen molar-refractivity contribution in [3.8, 4) is 0 Å². The molecule has 0 unspecified atom stereocenters.